The molecule has 0 heteroatoms. The van der Waals surface area contributed by atoms with Gasteiger partial charge in [-0.15, -0.1) is 6.42 Å². The zero-order valence-corrected chi connectivity index (χ0v) is 12.8. The van der Waals surface area contributed by atoms with Gasteiger partial charge in [-0.3, -0.25) is 0 Å². The van der Waals surface area contributed by atoms with Gasteiger partial charge in [0, 0.05) is 5.92 Å². The molecule has 20 heavy (non-hydrogen) atoms. The lowest BCUT2D eigenvalue weighted by molar-refractivity contribution is 0.118. The summed E-state index contributed by atoms with van der Waals surface area (Å²) in [5.41, 5.74) is 5.92. The highest BCUT2D eigenvalue weighted by Crippen LogP contribution is 2.60. The van der Waals surface area contributed by atoms with Crippen molar-refractivity contribution in [1.82, 2.24) is 0 Å². The Bertz CT molecular complexity index is 527. The third-order valence-electron chi connectivity index (χ3n) is 6.88. The van der Waals surface area contributed by atoms with Gasteiger partial charge in [0.1, 0.15) is 0 Å². The summed E-state index contributed by atoms with van der Waals surface area (Å²) in [7, 11) is 0. The second-order valence-electron chi connectivity index (χ2n) is 7.81. The van der Waals surface area contributed by atoms with Gasteiger partial charge in [-0.1, -0.05) is 30.9 Å². The first-order valence-electron chi connectivity index (χ1n) is 8.60. The van der Waals surface area contributed by atoms with Crippen LogP contribution in [0.3, 0.4) is 0 Å². The molecular formula is C20H26. The molecule has 0 aromatic heterocycles. The fourth-order valence-electron chi connectivity index (χ4n) is 5.79. The normalized spacial score (nSPS) is 43.2. The molecule has 2 fully saturated rings. The minimum Gasteiger partial charge on any atom is -0.119 e. The molecule has 0 amide bonds. The van der Waals surface area contributed by atoms with Crippen molar-refractivity contribution in [3.8, 4) is 12.3 Å². The molecule has 2 saturated carbocycles. The smallest absolute Gasteiger partial charge is 0.0388 e. The zero-order valence-electron chi connectivity index (χ0n) is 12.8. The van der Waals surface area contributed by atoms with E-state index in [4.69, 9.17) is 6.42 Å². The Kier molecular flexibility index (Phi) is 2.88. The van der Waals surface area contributed by atoms with Crippen molar-refractivity contribution < 1.29 is 0 Å². The Balaban J connectivity index is 1.72. The number of fused-ring (bicyclic) bond motifs is 4. The van der Waals surface area contributed by atoms with Crippen LogP contribution >= 0.6 is 0 Å². The minimum absolute atomic E-state index is 0.409. The van der Waals surface area contributed by atoms with Crippen LogP contribution in [-0.4, -0.2) is 0 Å². The highest BCUT2D eigenvalue weighted by Gasteiger charge is 2.48. The van der Waals surface area contributed by atoms with Crippen LogP contribution in [0.15, 0.2) is 22.8 Å². The predicted molar refractivity (Wildman–Crippen MR) is 84.1 cm³/mol. The summed E-state index contributed by atoms with van der Waals surface area (Å²) in [4.78, 5) is 0. The average Bonchev–Trinajstić information content (AvgIpc) is 2.88. The Morgan fingerprint density at radius 1 is 1.15 bits per heavy atom. The monoisotopic (exact) mass is 266 g/mol. The third-order valence-corrected chi connectivity index (χ3v) is 6.88. The third kappa shape index (κ3) is 1.75. The lowest BCUT2D eigenvalue weighted by Crippen LogP contribution is -2.36. The van der Waals surface area contributed by atoms with E-state index in [1.54, 1.807) is 11.1 Å². The van der Waals surface area contributed by atoms with Crippen molar-refractivity contribution in [2.75, 3.05) is 0 Å². The highest BCUT2D eigenvalue weighted by atomic mass is 14.5. The first-order valence-corrected chi connectivity index (χ1v) is 8.60. The largest absolute Gasteiger partial charge is 0.119 e. The van der Waals surface area contributed by atoms with E-state index in [-0.39, 0.29) is 0 Å². The maximum atomic E-state index is 5.63. The van der Waals surface area contributed by atoms with Gasteiger partial charge in [0.25, 0.3) is 0 Å². The standard InChI is InChI=1S/C20H26/c1-3-14-6-8-16-15(13-14)7-9-18-17(16)10-12-20(2)11-4-5-19(18)20/h1,13-14,18-19H,4-12H2,2H3/t14?,18-,19+,20+/m1/s1. The van der Waals surface area contributed by atoms with Crippen molar-refractivity contribution in [2.45, 2.75) is 64.7 Å². The molecule has 4 aliphatic carbocycles. The molecule has 0 aliphatic heterocycles. The van der Waals surface area contributed by atoms with Crippen LogP contribution in [-0.2, 0) is 0 Å². The maximum Gasteiger partial charge on any atom is 0.0388 e. The zero-order chi connectivity index (χ0) is 13.7. The van der Waals surface area contributed by atoms with Crippen molar-refractivity contribution in [3.63, 3.8) is 0 Å². The molecule has 0 spiro atoms. The SMILES string of the molecule is C#CC1C=C2CC[C@@H]3C(=C2CC1)CC[C@]1(C)CCC[C@@H]31. The van der Waals surface area contributed by atoms with Crippen LogP contribution in [0, 0.1) is 35.5 Å². The van der Waals surface area contributed by atoms with E-state index in [9.17, 15) is 0 Å². The van der Waals surface area contributed by atoms with Gasteiger partial charge in [-0.05, 0) is 79.8 Å². The molecule has 0 nitrogen and oxygen atoms in total. The van der Waals surface area contributed by atoms with Crippen LogP contribution in [0.1, 0.15) is 64.7 Å². The van der Waals surface area contributed by atoms with Gasteiger partial charge in [0.2, 0.25) is 0 Å². The number of terminal acetylenes is 1. The molecule has 0 saturated heterocycles. The van der Waals surface area contributed by atoms with Gasteiger partial charge < -0.3 is 0 Å². The molecule has 0 N–H and O–H groups in total. The lowest BCUT2D eigenvalue weighted by atomic mass is 9.57. The second kappa shape index (κ2) is 4.52. The van der Waals surface area contributed by atoms with Gasteiger partial charge in [-0.2, -0.15) is 0 Å². The average molecular weight is 266 g/mol. The predicted octanol–water partition coefficient (Wildman–Crippen LogP) is 5.26. The summed E-state index contributed by atoms with van der Waals surface area (Å²) in [6, 6.07) is 0. The molecule has 4 atom stereocenters. The number of hydrogen-bond donors (Lipinski definition) is 0. The highest BCUT2D eigenvalue weighted by molar-refractivity contribution is 5.44. The second-order valence-corrected chi connectivity index (χ2v) is 7.81. The summed E-state index contributed by atoms with van der Waals surface area (Å²) < 4.78 is 0. The van der Waals surface area contributed by atoms with Crippen molar-refractivity contribution >= 4 is 0 Å². The van der Waals surface area contributed by atoms with Crippen molar-refractivity contribution in [3.05, 3.63) is 22.8 Å². The molecule has 0 heterocycles. The fourth-order valence-corrected chi connectivity index (χ4v) is 5.79. The molecule has 0 bridgehead atoms. The van der Waals surface area contributed by atoms with E-state index in [1.165, 1.54) is 57.8 Å². The molecule has 1 unspecified atom stereocenters. The first kappa shape index (κ1) is 12.8. The van der Waals surface area contributed by atoms with Gasteiger partial charge in [-0.25, -0.2) is 0 Å². The molecule has 0 aromatic rings. The molecule has 0 aromatic carbocycles. The Morgan fingerprint density at radius 3 is 2.90 bits per heavy atom. The van der Waals surface area contributed by atoms with Gasteiger partial charge in [0.05, 0.1) is 0 Å². The van der Waals surface area contributed by atoms with Crippen LogP contribution in [0.5, 0.6) is 0 Å². The van der Waals surface area contributed by atoms with E-state index in [0.717, 1.165) is 11.8 Å². The quantitative estimate of drug-likeness (QED) is 0.524. The summed E-state index contributed by atoms with van der Waals surface area (Å²) in [5.74, 6) is 5.27. The van der Waals surface area contributed by atoms with Crippen LogP contribution in [0.4, 0.5) is 0 Å². The molecule has 4 aliphatic rings. The summed E-state index contributed by atoms with van der Waals surface area (Å²) >= 11 is 0. The van der Waals surface area contributed by atoms with Gasteiger partial charge in [0.15, 0.2) is 0 Å². The Labute approximate surface area is 123 Å². The minimum atomic E-state index is 0.409. The number of hydrogen-bond acceptors (Lipinski definition) is 0. The van der Waals surface area contributed by atoms with Crippen molar-refractivity contribution in [2.24, 2.45) is 23.2 Å². The Morgan fingerprint density at radius 2 is 2.05 bits per heavy atom. The number of allylic oxidation sites excluding steroid dienone is 4. The molecule has 0 radical (unpaired) electrons. The van der Waals surface area contributed by atoms with E-state index >= 15 is 0 Å². The molecule has 4 rings (SSSR count). The summed E-state index contributed by atoms with van der Waals surface area (Å²) in [5, 5.41) is 0. The van der Waals surface area contributed by atoms with Crippen molar-refractivity contribution in [1.29, 1.82) is 0 Å². The topological polar surface area (TPSA) is 0 Å². The fraction of sp³-hybridized carbons (Fsp3) is 0.700. The van der Waals surface area contributed by atoms with E-state index < -0.39 is 0 Å². The van der Waals surface area contributed by atoms with Gasteiger partial charge >= 0.3 is 0 Å². The number of rotatable bonds is 0. The van der Waals surface area contributed by atoms with E-state index in [0.29, 0.717) is 11.3 Å². The first-order chi connectivity index (χ1) is 9.71. The van der Waals surface area contributed by atoms with Crippen LogP contribution < -0.4 is 0 Å². The maximum absolute atomic E-state index is 5.63. The lowest BCUT2D eigenvalue weighted by Gasteiger charge is -2.47. The summed E-state index contributed by atoms with van der Waals surface area (Å²) in [6.07, 6.45) is 20.5. The van der Waals surface area contributed by atoms with E-state index in [1.807, 2.05) is 5.57 Å². The van der Waals surface area contributed by atoms with E-state index in [2.05, 4.69) is 18.9 Å². The van der Waals surface area contributed by atoms with Crippen LogP contribution in [0.2, 0.25) is 0 Å². The molecular weight excluding hydrogens is 240 g/mol. The van der Waals surface area contributed by atoms with Crippen LogP contribution in [0.25, 0.3) is 0 Å². The molecule has 106 valence electrons. The summed E-state index contributed by atoms with van der Waals surface area (Å²) in [6.45, 7) is 2.58. The Hall–Kier alpha value is -0.960.